The van der Waals surface area contributed by atoms with Gasteiger partial charge in [-0.3, -0.25) is 4.79 Å². The maximum absolute atomic E-state index is 11.4. The molecule has 1 aromatic rings. The summed E-state index contributed by atoms with van der Waals surface area (Å²) in [6, 6.07) is 0. The Morgan fingerprint density at radius 2 is 2.45 bits per heavy atom. The fraction of sp³-hybridized carbons (Fsp3) is 0.429. The van der Waals surface area contributed by atoms with Crippen LogP contribution in [0.1, 0.15) is 10.4 Å². The van der Waals surface area contributed by atoms with E-state index in [9.17, 15) is 4.79 Å². The van der Waals surface area contributed by atoms with Gasteiger partial charge in [0.15, 0.2) is 5.78 Å². The molecule has 11 heavy (non-hydrogen) atoms. The van der Waals surface area contributed by atoms with Crippen molar-refractivity contribution in [2.45, 2.75) is 0 Å². The molecule has 58 valence electrons. The first-order valence-electron chi connectivity index (χ1n) is 3.39. The predicted molar refractivity (Wildman–Crippen MR) is 47.3 cm³/mol. The van der Waals surface area contributed by atoms with Gasteiger partial charge in [0.25, 0.3) is 0 Å². The first-order valence-corrected chi connectivity index (χ1v) is 5.38. The van der Waals surface area contributed by atoms with Gasteiger partial charge in [-0.2, -0.15) is 11.8 Å². The zero-order valence-electron chi connectivity index (χ0n) is 5.82. The van der Waals surface area contributed by atoms with Gasteiger partial charge in [-0.05, 0) is 11.5 Å². The molecule has 0 saturated carbocycles. The van der Waals surface area contributed by atoms with Gasteiger partial charge in [0.05, 0.1) is 6.20 Å². The number of hydrogen-bond donors (Lipinski definition) is 0. The van der Waals surface area contributed by atoms with E-state index in [2.05, 4.69) is 4.37 Å². The zero-order chi connectivity index (χ0) is 7.68. The Morgan fingerprint density at radius 3 is 2.91 bits per heavy atom. The molecule has 1 aromatic heterocycles. The van der Waals surface area contributed by atoms with Crippen molar-refractivity contribution < 1.29 is 4.79 Å². The van der Waals surface area contributed by atoms with Gasteiger partial charge in [0.2, 0.25) is 0 Å². The van der Waals surface area contributed by atoms with Crippen molar-refractivity contribution in [3.63, 3.8) is 0 Å². The topological polar surface area (TPSA) is 30.0 Å². The summed E-state index contributed by atoms with van der Waals surface area (Å²) in [7, 11) is 0. The number of aromatic nitrogens is 1. The van der Waals surface area contributed by atoms with Crippen LogP contribution >= 0.6 is 23.3 Å². The molecule has 0 aromatic carbocycles. The highest BCUT2D eigenvalue weighted by atomic mass is 32.2. The molecular weight excluding hydrogens is 178 g/mol. The summed E-state index contributed by atoms with van der Waals surface area (Å²) in [6.07, 6.45) is 1.66. The van der Waals surface area contributed by atoms with E-state index in [0.717, 1.165) is 17.1 Å². The summed E-state index contributed by atoms with van der Waals surface area (Å²) in [6.45, 7) is 0. The van der Waals surface area contributed by atoms with Crippen molar-refractivity contribution in [1.29, 1.82) is 0 Å². The highest BCUT2D eigenvalue weighted by molar-refractivity contribution is 8.00. The fourth-order valence-corrected chi connectivity index (χ4v) is 2.25. The van der Waals surface area contributed by atoms with Crippen LogP contribution < -0.4 is 0 Å². The van der Waals surface area contributed by atoms with Crippen LogP contribution in [0, 0.1) is 5.92 Å². The van der Waals surface area contributed by atoms with Gasteiger partial charge < -0.3 is 0 Å². The van der Waals surface area contributed by atoms with E-state index in [1.165, 1.54) is 11.5 Å². The lowest BCUT2D eigenvalue weighted by Gasteiger charge is -2.22. The normalized spacial score (nSPS) is 17.8. The summed E-state index contributed by atoms with van der Waals surface area (Å²) in [5.41, 5.74) is 0.792. The van der Waals surface area contributed by atoms with Gasteiger partial charge in [-0.25, -0.2) is 4.37 Å². The second kappa shape index (κ2) is 2.95. The Balaban J connectivity index is 2.10. The minimum atomic E-state index is 0.274. The minimum Gasteiger partial charge on any atom is -0.294 e. The molecule has 0 aliphatic carbocycles. The Hall–Kier alpha value is -0.350. The average Bonchev–Trinajstić information content (AvgIpc) is 2.32. The molecule has 0 N–H and O–H groups in total. The molecule has 1 fully saturated rings. The Bertz CT molecular complexity index is 253. The van der Waals surface area contributed by atoms with Crippen LogP contribution in [-0.2, 0) is 0 Å². The van der Waals surface area contributed by atoms with Gasteiger partial charge >= 0.3 is 0 Å². The number of carbonyl (C=O) groups excluding carboxylic acids is 1. The average molecular weight is 185 g/mol. The lowest BCUT2D eigenvalue weighted by atomic mass is 10.0. The molecule has 0 amide bonds. The van der Waals surface area contributed by atoms with Crippen LogP contribution in [-0.4, -0.2) is 21.7 Å². The van der Waals surface area contributed by atoms with Crippen LogP contribution in [0.4, 0.5) is 0 Å². The fourth-order valence-electron chi connectivity index (χ4n) is 0.949. The molecule has 0 unspecified atom stereocenters. The summed E-state index contributed by atoms with van der Waals surface area (Å²) in [4.78, 5) is 11.4. The van der Waals surface area contributed by atoms with Gasteiger partial charge in [0, 0.05) is 28.4 Å². The molecule has 0 spiro atoms. The van der Waals surface area contributed by atoms with Crippen molar-refractivity contribution in [3.05, 3.63) is 17.1 Å². The lowest BCUT2D eigenvalue weighted by molar-refractivity contribution is 0.0939. The van der Waals surface area contributed by atoms with Crippen LogP contribution in [0.3, 0.4) is 0 Å². The third-order valence-electron chi connectivity index (χ3n) is 1.73. The third-order valence-corrected chi connectivity index (χ3v) is 3.59. The molecule has 2 heterocycles. The second-order valence-electron chi connectivity index (χ2n) is 2.51. The first kappa shape index (κ1) is 7.31. The zero-order valence-corrected chi connectivity index (χ0v) is 7.45. The highest BCUT2D eigenvalue weighted by Crippen LogP contribution is 2.27. The molecule has 1 saturated heterocycles. The number of Topliss-reactive ketones (excluding diaryl/α,β-unsaturated/α-hetero) is 1. The predicted octanol–water partition coefficient (Wildman–Crippen LogP) is 1.69. The second-order valence-corrected chi connectivity index (χ2v) is 4.24. The molecule has 4 heteroatoms. The van der Waals surface area contributed by atoms with E-state index < -0.39 is 0 Å². The van der Waals surface area contributed by atoms with E-state index in [1.807, 2.05) is 17.1 Å². The standard InChI is InChI=1S/C7H7NOS2/c9-7(6-2-10-3-6)5-1-8-11-4-5/h1,4,6H,2-3H2. The van der Waals surface area contributed by atoms with Crippen molar-refractivity contribution >= 4 is 29.1 Å². The van der Waals surface area contributed by atoms with Crippen LogP contribution in [0.5, 0.6) is 0 Å². The third kappa shape index (κ3) is 1.32. The summed E-state index contributed by atoms with van der Waals surface area (Å²) < 4.78 is 3.90. The molecule has 2 rings (SSSR count). The molecule has 2 nitrogen and oxygen atoms in total. The van der Waals surface area contributed by atoms with E-state index in [4.69, 9.17) is 0 Å². The molecule has 0 bridgehead atoms. The number of ketones is 1. The smallest absolute Gasteiger partial charge is 0.170 e. The van der Waals surface area contributed by atoms with Gasteiger partial charge in [-0.15, -0.1) is 0 Å². The highest BCUT2D eigenvalue weighted by Gasteiger charge is 2.27. The SMILES string of the molecule is O=C(c1cnsc1)C1CSC1. The van der Waals surface area contributed by atoms with Crippen LogP contribution in [0.2, 0.25) is 0 Å². The minimum absolute atomic E-state index is 0.274. The summed E-state index contributed by atoms with van der Waals surface area (Å²) in [5.74, 6) is 2.54. The van der Waals surface area contributed by atoms with Crippen LogP contribution in [0.15, 0.2) is 11.6 Å². The van der Waals surface area contributed by atoms with E-state index in [1.54, 1.807) is 6.20 Å². The summed E-state index contributed by atoms with van der Waals surface area (Å²) in [5, 5.41) is 1.82. The number of carbonyl (C=O) groups is 1. The summed E-state index contributed by atoms with van der Waals surface area (Å²) >= 11 is 3.18. The molecular formula is C7H7NOS2. The number of nitrogens with zero attached hydrogens (tertiary/aromatic N) is 1. The lowest BCUT2D eigenvalue weighted by Crippen LogP contribution is -2.27. The Labute approximate surface area is 73.2 Å². The Morgan fingerprint density at radius 1 is 1.64 bits per heavy atom. The monoisotopic (exact) mass is 185 g/mol. The molecule has 0 atom stereocenters. The molecule has 1 aliphatic rings. The van der Waals surface area contributed by atoms with Crippen molar-refractivity contribution in [1.82, 2.24) is 4.37 Å². The first-order chi connectivity index (χ1) is 5.38. The van der Waals surface area contributed by atoms with E-state index in [-0.39, 0.29) is 11.7 Å². The van der Waals surface area contributed by atoms with Crippen molar-refractivity contribution in [3.8, 4) is 0 Å². The quantitative estimate of drug-likeness (QED) is 0.657. The van der Waals surface area contributed by atoms with Crippen molar-refractivity contribution in [2.24, 2.45) is 5.92 Å². The number of hydrogen-bond acceptors (Lipinski definition) is 4. The van der Waals surface area contributed by atoms with Crippen molar-refractivity contribution in [2.75, 3.05) is 11.5 Å². The maximum Gasteiger partial charge on any atom is 0.170 e. The van der Waals surface area contributed by atoms with E-state index in [0.29, 0.717) is 0 Å². The Kier molecular flexibility index (Phi) is 1.96. The van der Waals surface area contributed by atoms with Gasteiger partial charge in [0.1, 0.15) is 0 Å². The van der Waals surface area contributed by atoms with Crippen LogP contribution in [0.25, 0.3) is 0 Å². The molecule has 0 radical (unpaired) electrons. The molecule has 1 aliphatic heterocycles. The maximum atomic E-state index is 11.4. The van der Waals surface area contributed by atoms with E-state index >= 15 is 0 Å². The van der Waals surface area contributed by atoms with Gasteiger partial charge in [-0.1, -0.05) is 0 Å². The largest absolute Gasteiger partial charge is 0.294 e. The number of rotatable bonds is 2. The number of thioether (sulfide) groups is 1.